The maximum atomic E-state index is 11.7. The molecule has 1 rings (SSSR count). The molecule has 2 N–H and O–H groups in total. The van der Waals surface area contributed by atoms with Crippen LogP contribution < -0.4 is 10.6 Å². The fraction of sp³-hybridized carbons (Fsp3) is 0.909. The highest BCUT2D eigenvalue weighted by molar-refractivity contribution is 5.85. The molecule has 0 bridgehead atoms. The Morgan fingerprint density at radius 2 is 1.93 bits per heavy atom. The van der Waals surface area contributed by atoms with Gasteiger partial charge >= 0.3 is 0 Å². The van der Waals surface area contributed by atoms with Crippen LogP contribution in [0.1, 0.15) is 39.5 Å². The quantitative estimate of drug-likeness (QED) is 0.714. The average Bonchev–Trinajstić information content (AvgIpc) is 2.66. The Balaban J connectivity index is 2.26. The maximum Gasteiger partial charge on any atom is 0.239 e. The minimum Gasteiger partial charge on any atom is -0.354 e. The lowest BCUT2D eigenvalue weighted by molar-refractivity contribution is -0.126. The lowest BCUT2D eigenvalue weighted by Crippen LogP contribution is -2.51. The van der Waals surface area contributed by atoms with Gasteiger partial charge in [-0.25, -0.2) is 0 Å². The first kappa shape index (κ1) is 11.5. The summed E-state index contributed by atoms with van der Waals surface area (Å²) < 4.78 is 0. The van der Waals surface area contributed by atoms with E-state index in [0.717, 1.165) is 6.54 Å². The van der Waals surface area contributed by atoms with E-state index in [2.05, 4.69) is 10.6 Å². The van der Waals surface area contributed by atoms with Crippen LogP contribution in [0.2, 0.25) is 0 Å². The van der Waals surface area contributed by atoms with E-state index in [1.54, 1.807) is 0 Å². The van der Waals surface area contributed by atoms with E-state index in [0.29, 0.717) is 5.92 Å². The lowest BCUT2D eigenvalue weighted by Gasteiger charge is -2.23. The van der Waals surface area contributed by atoms with Gasteiger partial charge < -0.3 is 10.6 Å². The van der Waals surface area contributed by atoms with Crippen molar-refractivity contribution >= 4 is 5.91 Å². The number of hydrogen-bond donors (Lipinski definition) is 2. The molecule has 14 heavy (non-hydrogen) atoms. The third kappa shape index (κ3) is 2.98. The molecule has 1 saturated carbocycles. The first-order chi connectivity index (χ1) is 6.56. The molecule has 0 aromatic carbocycles. The summed E-state index contributed by atoms with van der Waals surface area (Å²) in [6, 6.07) is 0. The summed E-state index contributed by atoms with van der Waals surface area (Å²) in [5, 5.41) is 6.02. The molecule has 0 unspecified atom stereocenters. The van der Waals surface area contributed by atoms with Gasteiger partial charge in [-0.05, 0) is 39.7 Å². The van der Waals surface area contributed by atoms with Crippen LogP contribution in [0.4, 0.5) is 0 Å². The van der Waals surface area contributed by atoms with Crippen molar-refractivity contribution in [1.82, 2.24) is 10.6 Å². The molecule has 1 amide bonds. The Kier molecular flexibility index (Phi) is 3.93. The lowest BCUT2D eigenvalue weighted by atomic mass is 10.0. The van der Waals surface area contributed by atoms with E-state index in [1.807, 2.05) is 20.9 Å². The molecule has 3 heteroatoms. The van der Waals surface area contributed by atoms with Gasteiger partial charge in [-0.2, -0.15) is 0 Å². The van der Waals surface area contributed by atoms with Gasteiger partial charge in [0.15, 0.2) is 0 Å². The summed E-state index contributed by atoms with van der Waals surface area (Å²) in [7, 11) is 1.81. The van der Waals surface area contributed by atoms with Crippen molar-refractivity contribution < 1.29 is 4.79 Å². The highest BCUT2D eigenvalue weighted by Gasteiger charge is 2.25. The highest BCUT2D eigenvalue weighted by Crippen LogP contribution is 2.23. The third-order valence-electron chi connectivity index (χ3n) is 3.22. The van der Waals surface area contributed by atoms with E-state index in [1.165, 1.54) is 25.7 Å². The van der Waals surface area contributed by atoms with Crippen LogP contribution in [0.3, 0.4) is 0 Å². The average molecular weight is 198 g/mol. The molecule has 0 radical (unpaired) electrons. The Bertz CT molecular complexity index is 195. The Labute approximate surface area is 86.6 Å². The van der Waals surface area contributed by atoms with Crippen LogP contribution in [0.25, 0.3) is 0 Å². The van der Waals surface area contributed by atoms with Gasteiger partial charge in [0.1, 0.15) is 0 Å². The van der Waals surface area contributed by atoms with E-state index < -0.39 is 5.54 Å². The van der Waals surface area contributed by atoms with Crippen molar-refractivity contribution in [2.24, 2.45) is 5.92 Å². The Hall–Kier alpha value is -0.570. The van der Waals surface area contributed by atoms with E-state index in [9.17, 15) is 4.79 Å². The van der Waals surface area contributed by atoms with Crippen molar-refractivity contribution in [3.63, 3.8) is 0 Å². The predicted octanol–water partition coefficient (Wildman–Crippen LogP) is 1.29. The first-order valence-electron chi connectivity index (χ1n) is 5.53. The summed E-state index contributed by atoms with van der Waals surface area (Å²) in [5.74, 6) is 0.818. The Morgan fingerprint density at radius 3 is 2.43 bits per heavy atom. The van der Waals surface area contributed by atoms with Gasteiger partial charge in [-0.1, -0.05) is 12.8 Å². The molecule has 0 aromatic rings. The number of nitrogens with one attached hydrogen (secondary N) is 2. The van der Waals surface area contributed by atoms with Crippen molar-refractivity contribution in [2.75, 3.05) is 13.6 Å². The topological polar surface area (TPSA) is 41.1 Å². The molecule has 3 nitrogen and oxygen atoms in total. The van der Waals surface area contributed by atoms with E-state index >= 15 is 0 Å². The molecule has 82 valence electrons. The molecule has 1 aliphatic carbocycles. The number of hydrogen-bond acceptors (Lipinski definition) is 2. The summed E-state index contributed by atoms with van der Waals surface area (Å²) in [5.41, 5.74) is -0.446. The normalized spacial score (nSPS) is 18.5. The number of carbonyl (C=O) groups excluding carboxylic acids is 1. The first-order valence-corrected chi connectivity index (χ1v) is 5.53. The molecule has 0 spiro atoms. The zero-order valence-electron chi connectivity index (χ0n) is 9.52. The fourth-order valence-corrected chi connectivity index (χ4v) is 1.79. The van der Waals surface area contributed by atoms with Crippen molar-refractivity contribution in [3.05, 3.63) is 0 Å². The third-order valence-corrected chi connectivity index (χ3v) is 3.22. The molecule has 0 heterocycles. The van der Waals surface area contributed by atoms with Crippen LogP contribution in [-0.4, -0.2) is 25.0 Å². The van der Waals surface area contributed by atoms with E-state index in [-0.39, 0.29) is 5.91 Å². The molecule has 1 aliphatic rings. The predicted molar refractivity (Wildman–Crippen MR) is 58.1 cm³/mol. The maximum absolute atomic E-state index is 11.7. The van der Waals surface area contributed by atoms with Crippen molar-refractivity contribution in [1.29, 1.82) is 0 Å². The molecule has 0 saturated heterocycles. The molecule has 0 atom stereocenters. The van der Waals surface area contributed by atoms with Gasteiger partial charge in [0.05, 0.1) is 5.54 Å². The van der Waals surface area contributed by atoms with Crippen molar-refractivity contribution in [2.45, 2.75) is 45.1 Å². The van der Waals surface area contributed by atoms with Gasteiger partial charge in [0.2, 0.25) is 5.91 Å². The Morgan fingerprint density at radius 1 is 1.36 bits per heavy atom. The van der Waals surface area contributed by atoms with Gasteiger partial charge in [-0.15, -0.1) is 0 Å². The minimum absolute atomic E-state index is 0.104. The van der Waals surface area contributed by atoms with Crippen LogP contribution in [0.15, 0.2) is 0 Å². The number of amides is 1. The van der Waals surface area contributed by atoms with Crippen LogP contribution in [0.5, 0.6) is 0 Å². The second kappa shape index (κ2) is 4.78. The van der Waals surface area contributed by atoms with Crippen LogP contribution in [-0.2, 0) is 4.79 Å². The minimum atomic E-state index is -0.446. The summed E-state index contributed by atoms with van der Waals surface area (Å²) in [6.45, 7) is 4.65. The van der Waals surface area contributed by atoms with Gasteiger partial charge in [-0.3, -0.25) is 4.79 Å². The summed E-state index contributed by atoms with van der Waals surface area (Å²) >= 11 is 0. The van der Waals surface area contributed by atoms with Crippen LogP contribution in [0, 0.1) is 5.92 Å². The van der Waals surface area contributed by atoms with Gasteiger partial charge in [0.25, 0.3) is 0 Å². The zero-order chi connectivity index (χ0) is 10.6. The fourth-order valence-electron chi connectivity index (χ4n) is 1.79. The highest BCUT2D eigenvalue weighted by atomic mass is 16.2. The van der Waals surface area contributed by atoms with Gasteiger partial charge in [0, 0.05) is 6.54 Å². The second-order valence-corrected chi connectivity index (χ2v) is 4.74. The van der Waals surface area contributed by atoms with E-state index in [4.69, 9.17) is 0 Å². The summed E-state index contributed by atoms with van der Waals surface area (Å²) in [6.07, 6.45) is 5.21. The van der Waals surface area contributed by atoms with Crippen molar-refractivity contribution in [3.8, 4) is 0 Å². The number of rotatable bonds is 4. The molecule has 0 aromatic heterocycles. The monoisotopic (exact) mass is 198 g/mol. The van der Waals surface area contributed by atoms with Crippen LogP contribution >= 0.6 is 0 Å². The molecule has 0 aliphatic heterocycles. The number of carbonyl (C=O) groups is 1. The molecular formula is C11H22N2O. The largest absolute Gasteiger partial charge is 0.354 e. The standard InChI is InChI=1S/C11H22N2O/c1-11(2,12-3)10(14)13-8-9-6-4-5-7-9/h9,12H,4-8H2,1-3H3,(H,13,14). The molecule has 1 fully saturated rings. The second-order valence-electron chi connectivity index (χ2n) is 4.74. The number of likely N-dealkylation sites (N-methyl/N-ethyl adjacent to an activating group) is 1. The smallest absolute Gasteiger partial charge is 0.239 e. The zero-order valence-corrected chi connectivity index (χ0v) is 9.52. The SMILES string of the molecule is CNC(C)(C)C(=O)NCC1CCCC1. The summed E-state index contributed by atoms with van der Waals surface area (Å²) in [4.78, 5) is 11.7. The molecular weight excluding hydrogens is 176 g/mol.